The van der Waals surface area contributed by atoms with E-state index in [0.717, 1.165) is 19.2 Å². The number of rotatable bonds is 7. The van der Waals surface area contributed by atoms with E-state index >= 15 is 0 Å². The van der Waals surface area contributed by atoms with Crippen LogP contribution in [0.4, 0.5) is 17.6 Å². The standard InChI is InChI=1S/C25H20F4O6/c1-31-24(25(27,28)29,16-5-3-2-4-6-16)23(30)33-15-20-14-32-21-12-11-19(13-22(21)35-20)34-18-9-7-17(26)8-10-18/h2-13,20H,14-15H2,1H3/t20-,24?/m0/s1. The Bertz CT molecular complexity index is 1170. The third-order valence-electron chi connectivity index (χ3n) is 5.26. The molecule has 0 fully saturated rings. The van der Waals surface area contributed by atoms with Crippen LogP contribution in [0.2, 0.25) is 0 Å². The summed E-state index contributed by atoms with van der Waals surface area (Å²) in [6.07, 6.45) is -5.96. The second-order valence-electron chi connectivity index (χ2n) is 7.56. The summed E-state index contributed by atoms with van der Waals surface area (Å²) >= 11 is 0. The average Bonchev–Trinajstić information content (AvgIpc) is 2.84. The van der Waals surface area contributed by atoms with Crippen molar-refractivity contribution in [3.05, 3.63) is 84.2 Å². The van der Waals surface area contributed by atoms with Crippen molar-refractivity contribution in [1.29, 1.82) is 0 Å². The number of hydrogen-bond donors (Lipinski definition) is 0. The molecular formula is C25H20F4O6. The van der Waals surface area contributed by atoms with Crippen molar-refractivity contribution in [2.45, 2.75) is 17.9 Å². The molecule has 1 unspecified atom stereocenters. The lowest BCUT2D eigenvalue weighted by Gasteiger charge is -2.33. The third-order valence-corrected chi connectivity index (χ3v) is 5.26. The first-order valence-electron chi connectivity index (χ1n) is 10.4. The lowest BCUT2D eigenvalue weighted by Crippen LogP contribution is -2.52. The van der Waals surface area contributed by atoms with Crippen LogP contribution in [-0.4, -0.2) is 38.6 Å². The van der Waals surface area contributed by atoms with Gasteiger partial charge in [-0.15, -0.1) is 0 Å². The first-order valence-corrected chi connectivity index (χ1v) is 10.4. The topological polar surface area (TPSA) is 63.2 Å². The molecule has 184 valence electrons. The molecule has 0 amide bonds. The van der Waals surface area contributed by atoms with Crippen molar-refractivity contribution in [2.24, 2.45) is 0 Å². The molecule has 2 atom stereocenters. The Kier molecular flexibility index (Phi) is 6.83. The van der Waals surface area contributed by atoms with Crippen LogP contribution >= 0.6 is 0 Å². The van der Waals surface area contributed by atoms with Crippen LogP contribution in [-0.2, 0) is 19.9 Å². The van der Waals surface area contributed by atoms with Crippen LogP contribution in [0, 0.1) is 5.82 Å². The van der Waals surface area contributed by atoms with Crippen LogP contribution in [0.3, 0.4) is 0 Å². The fourth-order valence-electron chi connectivity index (χ4n) is 3.54. The van der Waals surface area contributed by atoms with Crippen LogP contribution in [0.15, 0.2) is 72.8 Å². The maximum atomic E-state index is 14.0. The molecule has 1 heterocycles. The van der Waals surface area contributed by atoms with Gasteiger partial charge in [-0.25, -0.2) is 9.18 Å². The van der Waals surface area contributed by atoms with Gasteiger partial charge in [-0.2, -0.15) is 13.2 Å². The highest BCUT2D eigenvalue weighted by atomic mass is 19.4. The molecule has 0 aromatic heterocycles. The summed E-state index contributed by atoms with van der Waals surface area (Å²) in [4.78, 5) is 12.7. The molecule has 1 aliphatic heterocycles. The highest BCUT2D eigenvalue weighted by Gasteiger charge is 2.64. The van der Waals surface area contributed by atoms with E-state index in [-0.39, 0.29) is 12.4 Å². The molecule has 0 saturated carbocycles. The van der Waals surface area contributed by atoms with Crippen molar-refractivity contribution in [3.63, 3.8) is 0 Å². The Morgan fingerprint density at radius 2 is 1.66 bits per heavy atom. The number of alkyl halides is 3. The Balaban J connectivity index is 1.45. The monoisotopic (exact) mass is 492 g/mol. The predicted octanol–water partition coefficient (Wildman–Crippen LogP) is 5.41. The molecule has 0 bridgehead atoms. The molecule has 0 N–H and O–H groups in total. The molecule has 3 aromatic rings. The van der Waals surface area contributed by atoms with Crippen molar-refractivity contribution < 1.29 is 46.0 Å². The second-order valence-corrected chi connectivity index (χ2v) is 7.56. The van der Waals surface area contributed by atoms with E-state index in [2.05, 4.69) is 0 Å². The Morgan fingerprint density at radius 1 is 0.971 bits per heavy atom. The lowest BCUT2D eigenvalue weighted by molar-refractivity contribution is -0.277. The summed E-state index contributed by atoms with van der Waals surface area (Å²) in [5.74, 6) is -0.666. The van der Waals surface area contributed by atoms with Gasteiger partial charge in [0.1, 0.15) is 30.5 Å². The molecule has 1 aliphatic rings. The first kappa shape index (κ1) is 24.3. The van der Waals surface area contributed by atoms with E-state index in [4.69, 9.17) is 23.7 Å². The van der Waals surface area contributed by atoms with Gasteiger partial charge in [-0.05, 0) is 36.4 Å². The molecule has 3 aromatic carbocycles. The van der Waals surface area contributed by atoms with Gasteiger partial charge in [0, 0.05) is 18.7 Å². The van der Waals surface area contributed by atoms with E-state index in [0.29, 0.717) is 17.2 Å². The summed E-state index contributed by atoms with van der Waals surface area (Å²) in [7, 11) is 0.793. The van der Waals surface area contributed by atoms with Crippen LogP contribution < -0.4 is 14.2 Å². The molecular weight excluding hydrogens is 472 g/mol. The lowest BCUT2D eigenvalue weighted by atomic mass is 9.93. The van der Waals surface area contributed by atoms with Crippen molar-refractivity contribution in [1.82, 2.24) is 0 Å². The number of ether oxygens (including phenoxy) is 5. The van der Waals surface area contributed by atoms with Crippen LogP contribution in [0.1, 0.15) is 5.56 Å². The van der Waals surface area contributed by atoms with E-state index in [1.165, 1.54) is 48.5 Å². The largest absolute Gasteiger partial charge is 0.486 e. The molecule has 0 radical (unpaired) electrons. The van der Waals surface area contributed by atoms with Gasteiger partial charge in [-0.3, -0.25) is 0 Å². The third kappa shape index (κ3) is 5.02. The van der Waals surface area contributed by atoms with Gasteiger partial charge in [0.05, 0.1) is 0 Å². The fourth-order valence-corrected chi connectivity index (χ4v) is 3.54. The van der Waals surface area contributed by atoms with Gasteiger partial charge in [0.25, 0.3) is 5.60 Å². The first-order chi connectivity index (χ1) is 16.7. The van der Waals surface area contributed by atoms with E-state index < -0.39 is 41.8 Å². The zero-order valence-electron chi connectivity index (χ0n) is 18.4. The van der Waals surface area contributed by atoms with E-state index in [1.54, 1.807) is 12.1 Å². The minimum absolute atomic E-state index is 0.0597. The smallest absolute Gasteiger partial charge is 0.432 e. The predicted molar refractivity (Wildman–Crippen MR) is 115 cm³/mol. The van der Waals surface area contributed by atoms with Crippen LogP contribution in [0.5, 0.6) is 23.0 Å². The molecule has 4 rings (SSSR count). The summed E-state index contributed by atoms with van der Waals surface area (Å²) in [5.41, 5.74) is -3.70. The number of carbonyl (C=O) groups excluding carboxylic acids is 1. The number of methoxy groups -OCH3 is 1. The van der Waals surface area contributed by atoms with Crippen molar-refractivity contribution >= 4 is 5.97 Å². The van der Waals surface area contributed by atoms with E-state index in [9.17, 15) is 22.4 Å². The molecule has 0 spiro atoms. The fraction of sp³-hybridized carbons (Fsp3) is 0.240. The van der Waals surface area contributed by atoms with Crippen LogP contribution in [0.25, 0.3) is 0 Å². The maximum absolute atomic E-state index is 14.0. The number of benzene rings is 3. The Labute approximate surface area is 197 Å². The highest BCUT2D eigenvalue weighted by Crippen LogP contribution is 2.43. The summed E-state index contributed by atoms with van der Waals surface area (Å²) in [6, 6.07) is 16.6. The minimum Gasteiger partial charge on any atom is -0.486 e. The molecule has 35 heavy (non-hydrogen) atoms. The zero-order valence-corrected chi connectivity index (χ0v) is 18.4. The zero-order chi connectivity index (χ0) is 25.1. The number of carbonyl (C=O) groups is 1. The normalized spacial score (nSPS) is 16.8. The summed E-state index contributed by atoms with van der Waals surface area (Å²) < 4.78 is 81.8. The quantitative estimate of drug-likeness (QED) is 0.325. The SMILES string of the molecule is COC(C(=O)OC[C@@H]1COc2ccc(Oc3ccc(F)cc3)cc2O1)(c1ccccc1)C(F)(F)F. The highest BCUT2D eigenvalue weighted by molar-refractivity contribution is 5.82. The molecule has 0 aliphatic carbocycles. The average molecular weight is 492 g/mol. The van der Waals surface area contributed by atoms with Gasteiger partial charge in [0.2, 0.25) is 0 Å². The minimum atomic E-state index is -5.08. The van der Waals surface area contributed by atoms with Gasteiger partial charge >= 0.3 is 12.1 Å². The number of halogens is 4. The van der Waals surface area contributed by atoms with Crippen molar-refractivity contribution in [2.75, 3.05) is 20.3 Å². The molecule has 6 nitrogen and oxygen atoms in total. The van der Waals surface area contributed by atoms with E-state index in [1.807, 2.05) is 0 Å². The molecule has 0 saturated heterocycles. The van der Waals surface area contributed by atoms with Gasteiger partial charge in [-0.1, -0.05) is 30.3 Å². The summed E-state index contributed by atoms with van der Waals surface area (Å²) in [6.45, 7) is -0.578. The van der Waals surface area contributed by atoms with Gasteiger partial charge < -0.3 is 23.7 Å². The number of esters is 1. The van der Waals surface area contributed by atoms with Gasteiger partial charge in [0.15, 0.2) is 17.6 Å². The summed E-state index contributed by atoms with van der Waals surface area (Å²) in [5, 5.41) is 0. The number of hydrogen-bond acceptors (Lipinski definition) is 6. The maximum Gasteiger partial charge on any atom is 0.432 e. The second kappa shape index (κ2) is 9.83. The number of fused-ring (bicyclic) bond motifs is 1. The van der Waals surface area contributed by atoms with Crippen molar-refractivity contribution in [3.8, 4) is 23.0 Å². The Morgan fingerprint density at radius 3 is 2.31 bits per heavy atom. The molecule has 10 heteroatoms. The Hall–Kier alpha value is -3.79.